The van der Waals surface area contributed by atoms with E-state index in [2.05, 4.69) is 5.32 Å². The number of nitrogens with one attached hydrogen (secondary N) is 1. The molecule has 2 aliphatic rings. The number of imide groups is 1. The minimum atomic E-state index is -3.60. The predicted molar refractivity (Wildman–Crippen MR) is 107 cm³/mol. The van der Waals surface area contributed by atoms with Crippen LogP contribution in [-0.2, 0) is 21.2 Å². The maximum absolute atomic E-state index is 12.7. The number of thioether (sulfide) groups is 1. The first-order valence-electron chi connectivity index (χ1n) is 8.94. The van der Waals surface area contributed by atoms with Crippen LogP contribution in [0.15, 0.2) is 58.3 Å². The lowest BCUT2D eigenvalue weighted by atomic mass is 9.99. The van der Waals surface area contributed by atoms with E-state index in [1.165, 1.54) is 17.0 Å². The van der Waals surface area contributed by atoms with Gasteiger partial charge in [0.2, 0.25) is 9.84 Å². The number of carbonyl (C=O) groups is 2. The number of rotatable bonds is 4. The summed E-state index contributed by atoms with van der Waals surface area (Å²) >= 11 is 1.66. The Morgan fingerprint density at radius 1 is 1.04 bits per heavy atom. The largest absolute Gasteiger partial charge is 0.325 e. The average molecular weight is 417 g/mol. The van der Waals surface area contributed by atoms with Gasteiger partial charge in [-0.1, -0.05) is 29.8 Å². The second-order valence-corrected chi connectivity index (χ2v) is 10.2. The van der Waals surface area contributed by atoms with Crippen molar-refractivity contribution >= 4 is 33.5 Å². The molecule has 2 aromatic rings. The number of aryl methyl sites for hydroxylation is 1. The Balaban J connectivity index is 1.53. The molecule has 0 aliphatic carbocycles. The van der Waals surface area contributed by atoms with Gasteiger partial charge in [0.05, 0.1) is 16.3 Å². The SMILES string of the molecule is Cc1ccc(S(=O)(=O)c2ccc(CN3C(=O)NC4(CCSC4)C3=O)cc2)cc1. The third kappa shape index (κ3) is 3.20. The molecule has 0 bridgehead atoms. The fraction of sp³-hybridized carbons (Fsp3) is 0.300. The van der Waals surface area contributed by atoms with Gasteiger partial charge in [0.1, 0.15) is 5.54 Å². The first kappa shape index (κ1) is 19.0. The van der Waals surface area contributed by atoms with Crippen molar-refractivity contribution in [1.29, 1.82) is 0 Å². The molecular weight excluding hydrogens is 396 g/mol. The van der Waals surface area contributed by atoms with Crippen molar-refractivity contribution in [2.24, 2.45) is 0 Å². The van der Waals surface area contributed by atoms with Gasteiger partial charge >= 0.3 is 6.03 Å². The Bertz CT molecular complexity index is 1020. The summed E-state index contributed by atoms with van der Waals surface area (Å²) < 4.78 is 25.5. The lowest BCUT2D eigenvalue weighted by Crippen LogP contribution is -2.46. The summed E-state index contributed by atoms with van der Waals surface area (Å²) in [5.41, 5.74) is 0.923. The van der Waals surface area contributed by atoms with Gasteiger partial charge in [0.15, 0.2) is 0 Å². The summed E-state index contributed by atoms with van der Waals surface area (Å²) in [5, 5.41) is 2.83. The maximum atomic E-state index is 12.7. The van der Waals surface area contributed by atoms with Gasteiger partial charge in [-0.05, 0) is 48.9 Å². The molecule has 0 aromatic heterocycles. The monoisotopic (exact) mass is 416 g/mol. The third-order valence-electron chi connectivity index (χ3n) is 5.17. The number of nitrogens with zero attached hydrogens (tertiary/aromatic N) is 1. The van der Waals surface area contributed by atoms with Crippen molar-refractivity contribution in [2.45, 2.75) is 35.2 Å². The molecule has 6 nitrogen and oxygen atoms in total. The first-order valence-corrected chi connectivity index (χ1v) is 11.6. The summed E-state index contributed by atoms with van der Waals surface area (Å²) in [7, 11) is -3.60. The molecule has 0 radical (unpaired) electrons. The molecule has 4 rings (SSSR count). The van der Waals surface area contributed by atoms with Crippen LogP contribution in [0.5, 0.6) is 0 Å². The number of carbonyl (C=O) groups excluding carboxylic acids is 2. The molecule has 8 heteroatoms. The molecule has 2 aliphatic heterocycles. The van der Waals surface area contributed by atoms with Crippen LogP contribution < -0.4 is 5.32 Å². The Hall–Kier alpha value is -2.32. The number of amides is 3. The molecule has 3 amide bonds. The zero-order valence-corrected chi connectivity index (χ0v) is 17.0. The fourth-order valence-corrected chi connectivity index (χ4v) is 6.05. The smallest absolute Gasteiger partial charge is 0.322 e. The Morgan fingerprint density at radius 3 is 2.21 bits per heavy atom. The van der Waals surface area contributed by atoms with Crippen molar-refractivity contribution in [3.8, 4) is 0 Å². The number of sulfone groups is 1. The highest BCUT2D eigenvalue weighted by Crippen LogP contribution is 2.34. The van der Waals surface area contributed by atoms with Gasteiger partial charge in [0.25, 0.3) is 5.91 Å². The number of benzene rings is 2. The molecule has 2 fully saturated rings. The van der Waals surface area contributed by atoms with Crippen LogP contribution in [0.3, 0.4) is 0 Å². The number of urea groups is 1. The highest BCUT2D eigenvalue weighted by molar-refractivity contribution is 7.99. The lowest BCUT2D eigenvalue weighted by molar-refractivity contribution is -0.130. The first-order chi connectivity index (χ1) is 13.3. The van der Waals surface area contributed by atoms with Crippen LogP contribution in [-0.4, -0.2) is 42.3 Å². The summed E-state index contributed by atoms with van der Waals surface area (Å²) in [6, 6.07) is 12.6. The van der Waals surface area contributed by atoms with Gasteiger partial charge in [-0.15, -0.1) is 0 Å². The van der Waals surface area contributed by atoms with E-state index in [4.69, 9.17) is 0 Å². The van der Waals surface area contributed by atoms with Gasteiger partial charge in [-0.2, -0.15) is 11.8 Å². The van der Waals surface area contributed by atoms with E-state index < -0.39 is 15.4 Å². The van der Waals surface area contributed by atoms with Gasteiger partial charge in [0, 0.05) is 5.75 Å². The molecular formula is C20H20N2O4S2. The summed E-state index contributed by atoms with van der Waals surface area (Å²) in [6.07, 6.45) is 0.645. The second-order valence-electron chi connectivity index (χ2n) is 7.17. The highest BCUT2D eigenvalue weighted by atomic mass is 32.2. The zero-order valence-electron chi connectivity index (χ0n) is 15.3. The van der Waals surface area contributed by atoms with Crippen molar-refractivity contribution < 1.29 is 18.0 Å². The third-order valence-corrected chi connectivity index (χ3v) is 8.15. The quantitative estimate of drug-likeness (QED) is 0.775. The van der Waals surface area contributed by atoms with E-state index in [0.717, 1.165) is 11.3 Å². The van der Waals surface area contributed by atoms with Crippen LogP contribution in [0.2, 0.25) is 0 Å². The molecule has 2 heterocycles. The zero-order chi connectivity index (χ0) is 19.9. The van der Waals surface area contributed by atoms with Crippen LogP contribution in [0.25, 0.3) is 0 Å². The highest BCUT2D eigenvalue weighted by Gasteiger charge is 2.52. The normalized spacial score (nSPS) is 22.1. The van der Waals surface area contributed by atoms with E-state index in [9.17, 15) is 18.0 Å². The van der Waals surface area contributed by atoms with E-state index in [1.54, 1.807) is 48.2 Å². The van der Waals surface area contributed by atoms with Gasteiger partial charge < -0.3 is 5.32 Å². The van der Waals surface area contributed by atoms with Crippen molar-refractivity contribution in [3.05, 3.63) is 59.7 Å². The Morgan fingerprint density at radius 2 is 1.64 bits per heavy atom. The van der Waals surface area contributed by atoms with Crippen LogP contribution in [0.4, 0.5) is 4.79 Å². The Labute approximate surface area is 168 Å². The molecule has 1 spiro atoms. The standard InChI is InChI=1S/C20H20N2O4S2/c1-14-2-6-16(7-3-14)28(25,26)17-8-4-15(5-9-17)12-22-18(23)20(21-19(22)24)10-11-27-13-20/h2-9H,10-13H2,1H3,(H,21,24). The minimum absolute atomic E-state index is 0.127. The molecule has 146 valence electrons. The minimum Gasteiger partial charge on any atom is -0.322 e. The molecule has 1 unspecified atom stereocenters. The van der Waals surface area contributed by atoms with E-state index >= 15 is 0 Å². The van der Waals surface area contributed by atoms with Crippen LogP contribution >= 0.6 is 11.8 Å². The van der Waals surface area contributed by atoms with E-state index in [-0.39, 0.29) is 28.3 Å². The Kier molecular flexibility index (Phi) is 4.71. The topological polar surface area (TPSA) is 83.6 Å². The van der Waals surface area contributed by atoms with Crippen LogP contribution in [0, 0.1) is 6.92 Å². The molecule has 1 atom stereocenters. The molecule has 28 heavy (non-hydrogen) atoms. The molecule has 0 saturated carbocycles. The van der Waals surface area contributed by atoms with Gasteiger partial charge in [-0.3, -0.25) is 9.69 Å². The van der Waals surface area contributed by atoms with E-state index in [1.807, 2.05) is 6.92 Å². The average Bonchev–Trinajstić information content (AvgIpc) is 3.23. The molecule has 1 N–H and O–H groups in total. The number of hydrogen-bond donors (Lipinski definition) is 1. The van der Waals surface area contributed by atoms with Crippen molar-refractivity contribution in [3.63, 3.8) is 0 Å². The fourth-order valence-electron chi connectivity index (χ4n) is 3.46. The van der Waals surface area contributed by atoms with Crippen molar-refractivity contribution in [1.82, 2.24) is 10.2 Å². The van der Waals surface area contributed by atoms with E-state index in [0.29, 0.717) is 17.7 Å². The predicted octanol–water partition coefficient (Wildman–Crippen LogP) is 2.76. The maximum Gasteiger partial charge on any atom is 0.325 e. The van der Waals surface area contributed by atoms with Gasteiger partial charge in [-0.25, -0.2) is 13.2 Å². The molecule has 2 saturated heterocycles. The molecule has 2 aromatic carbocycles. The van der Waals surface area contributed by atoms with Crippen LogP contribution in [0.1, 0.15) is 17.5 Å². The second kappa shape index (κ2) is 6.93. The van der Waals surface area contributed by atoms with Crippen molar-refractivity contribution in [2.75, 3.05) is 11.5 Å². The summed E-state index contributed by atoms with van der Waals surface area (Å²) in [6.45, 7) is 2.03. The summed E-state index contributed by atoms with van der Waals surface area (Å²) in [5.74, 6) is 1.26. The summed E-state index contributed by atoms with van der Waals surface area (Å²) in [4.78, 5) is 26.6. The number of hydrogen-bond acceptors (Lipinski definition) is 5. The lowest BCUT2D eigenvalue weighted by Gasteiger charge is -2.19.